The van der Waals surface area contributed by atoms with E-state index in [0.717, 1.165) is 5.56 Å². The highest BCUT2D eigenvalue weighted by molar-refractivity contribution is 7.89. The SMILES string of the molecule is O=C(Nc1ccc(S(=O)(=O)NCc2ccco2)cc1)C1CC(c2ccccc2)NN1. The average Bonchev–Trinajstić information content (AvgIpc) is 3.46. The second-order valence-electron chi connectivity index (χ2n) is 6.96. The third-order valence-electron chi connectivity index (χ3n) is 4.87. The van der Waals surface area contributed by atoms with Crippen LogP contribution in [0, 0.1) is 0 Å². The lowest BCUT2D eigenvalue weighted by molar-refractivity contribution is -0.117. The van der Waals surface area contributed by atoms with E-state index in [1.807, 2.05) is 30.3 Å². The zero-order valence-electron chi connectivity index (χ0n) is 16.0. The van der Waals surface area contributed by atoms with Crippen LogP contribution in [0.4, 0.5) is 5.69 Å². The number of carbonyl (C=O) groups excluding carboxylic acids is 1. The lowest BCUT2D eigenvalue weighted by Gasteiger charge is -2.11. The topological polar surface area (TPSA) is 112 Å². The summed E-state index contributed by atoms with van der Waals surface area (Å²) in [6.07, 6.45) is 2.09. The molecule has 8 nitrogen and oxygen atoms in total. The number of amides is 1. The molecule has 4 rings (SSSR count). The number of benzene rings is 2. The standard InChI is InChI=1S/C21H22N4O4S/c26-21(20-13-19(24-25-20)15-5-2-1-3-6-15)23-16-8-10-18(11-9-16)30(27,28)22-14-17-7-4-12-29-17/h1-12,19-20,22,24-25H,13-14H2,(H,23,26). The zero-order chi connectivity index (χ0) is 21.0. The third-order valence-corrected chi connectivity index (χ3v) is 6.29. The van der Waals surface area contributed by atoms with Crippen LogP contribution in [0.25, 0.3) is 0 Å². The number of hydrogen-bond acceptors (Lipinski definition) is 6. The van der Waals surface area contributed by atoms with Crippen LogP contribution in [0.2, 0.25) is 0 Å². The Morgan fingerprint density at radius 2 is 1.77 bits per heavy atom. The molecule has 0 bridgehead atoms. The number of hydrazine groups is 1. The normalized spacial score (nSPS) is 18.9. The number of rotatable bonds is 7. The molecule has 4 N–H and O–H groups in total. The molecule has 0 saturated carbocycles. The van der Waals surface area contributed by atoms with E-state index in [1.54, 1.807) is 24.3 Å². The van der Waals surface area contributed by atoms with Gasteiger partial charge in [0.25, 0.3) is 0 Å². The lowest BCUT2D eigenvalue weighted by Crippen LogP contribution is -2.39. The molecule has 30 heavy (non-hydrogen) atoms. The van der Waals surface area contributed by atoms with Crippen molar-refractivity contribution in [1.82, 2.24) is 15.6 Å². The summed E-state index contributed by atoms with van der Waals surface area (Å²) in [5, 5.41) is 2.82. The van der Waals surface area contributed by atoms with Gasteiger partial charge in [-0.3, -0.25) is 4.79 Å². The van der Waals surface area contributed by atoms with Crippen molar-refractivity contribution >= 4 is 21.6 Å². The van der Waals surface area contributed by atoms with Crippen molar-refractivity contribution in [2.24, 2.45) is 0 Å². The number of anilines is 1. The first kappa shape index (κ1) is 20.3. The van der Waals surface area contributed by atoms with Crippen LogP contribution >= 0.6 is 0 Å². The van der Waals surface area contributed by atoms with Gasteiger partial charge in [-0.15, -0.1) is 0 Å². The van der Waals surface area contributed by atoms with Crippen LogP contribution in [0.3, 0.4) is 0 Å². The molecule has 1 saturated heterocycles. The van der Waals surface area contributed by atoms with E-state index in [2.05, 4.69) is 20.9 Å². The predicted octanol–water partition coefficient (Wildman–Crippen LogP) is 2.30. The Morgan fingerprint density at radius 1 is 1.00 bits per heavy atom. The van der Waals surface area contributed by atoms with Crippen LogP contribution in [0.15, 0.2) is 82.3 Å². The second kappa shape index (κ2) is 8.80. The quantitative estimate of drug-likeness (QED) is 0.461. The van der Waals surface area contributed by atoms with E-state index in [9.17, 15) is 13.2 Å². The molecular formula is C21H22N4O4S. The minimum Gasteiger partial charge on any atom is -0.468 e. The van der Waals surface area contributed by atoms with Gasteiger partial charge in [0, 0.05) is 11.7 Å². The smallest absolute Gasteiger partial charge is 0.242 e. The van der Waals surface area contributed by atoms with Crippen molar-refractivity contribution in [1.29, 1.82) is 0 Å². The number of furan rings is 1. The molecule has 1 fully saturated rings. The largest absolute Gasteiger partial charge is 0.468 e. The van der Waals surface area contributed by atoms with Crippen molar-refractivity contribution in [2.45, 2.75) is 29.9 Å². The highest BCUT2D eigenvalue weighted by atomic mass is 32.2. The van der Waals surface area contributed by atoms with E-state index in [4.69, 9.17) is 4.42 Å². The van der Waals surface area contributed by atoms with Gasteiger partial charge in [0.2, 0.25) is 15.9 Å². The van der Waals surface area contributed by atoms with E-state index in [0.29, 0.717) is 17.9 Å². The first-order chi connectivity index (χ1) is 14.5. The Balaban J connectivity index is 1.33. The summed E-state index contributed by atoms with van der Waals surface area (Å²) in [4.78, 5) is 12.7. The Kier molecular flexibility index (Phi) is 5.96. The predicted molar refractivity (Wildman–Crippen MR) is 112 cm³/mol. The lowest BCUT2D eigenvalue weighted by atomic mass is 10.0. The Hall–Kier alpha value is -2.98. The van der Waals surface area contributed by atoms with Gasteiger partial charge >= 0.3 is 0 Å². The van der Waals surface area contributed by atoms with E-state index in [1.165, 1.54) is 18.4 Å². The molecule has 2 heterocycles. The molecule has 156 valence electrons. The fraction of sp³-hybridized carbons (Fsp3) is 0.190. The first-order valence-corrected chi connectivity index (χ1v) is 11.0. The molecule has 1 aromatic heterocycles. The Morgan fingerprint density at radius 3 is 2.47 bits per heavy atom. The summed E-state index contributed by atoms with van der Waals surface area (Å²) in [7, 11) is -3.68. The maximum absolute atomic E-state index is 12.6. The zero-order valence-corrected chi connectivity index (χ0v) is 16.9. The first-order valence-electron chi connectivity index (χ1n) is 9.50. The molecule has 9 heteroatoms. The van der Waals surface area contributed by atoms with Gasteiger partial charge in [0.15, 0.2) is 0 Å². The van der Waals surface area contributed by atoms with Crippen molar-refractivity contribution in [2.75, 3.05) is 5.32 Å². The molecule has 1 aliphatic heterocycles. The fourth-order valence-corrected chi connectivity index (χ4v) is 4.23. The molecule has 2 unspecified atom stereocenters. The number of hydrogen-bond donors (Lipinski definition) is 4. The van der Waals surface area contributed by atoms with E-state index < -0.39 is 16.1 Å². The highest BCUT2D eigenvalue weighted by Gasteiger charge is 2.30. The molecule has 0 spiro atoms. The van der Waals surface area contributed by atoms with Crippen molar-refractivity contribution in [3.05, 3.63) is 84.3 Å². The summed E-state index contributed by atoms with van der Waals surface area (Å²) < 4.78 is 32.4. The summed E-state index contributed by atoms with van der Waals surface area (Å²) in [6.45, 7) is 0.0662. The molecule has 1 amide bonds. The molecule has 2 aromatic carbocycles. The van der Waals surface area contributed by atoms with Crippen LogP contribution in [0.5, 0.6) is 0 Å². The number of carbonyl (C=O) groups is 1. The molecule has 1 aliphatic rings. The van der Waals surface area contributed by atoms with E-state index >= 15 is 0 Å². The van der Waals surface area contributed by atoms with Gasteiger partial charge < -0.3 is 9.73 Å². The molecular weight excluding hydrogens is 404 g/mol. The minimum absolute atomic E-state index is 0.0507. The molecule has 3 aromatic rings. The minimum atomic E-state index is -3.68. The van der Waals surface area contributed by atoms with Gasteiger partial charge in [-0.05, 0) is 48.4 Å². The van der Waals surface area contributed by atoms with Crippen LogP contribution in [-0.2, 0) is 21.4 Å². The van der Waals surface area contributed by atoms with Gasteiger partial charge in [0.05, 0.1) is 17.7 Å². The average molecular weight is 426 g/mol. The molecule has 0 radical (unpaired) electrons. The van der Waals surface area contributed by atoms with Crippen LogP contribution in [0.1, 0.15) is 23.8 Å². The summed E-state index contributed by atoms with van der Waals surface area (Å²) in [5.74, 6) is 0.335. The van der Waals surface area contributed by atoms with Crippen LogP contribution < -0.4 is 20.9 Å². The van der Waals surface area contributed by atoms with Crippen LogP contribution in [-0.4, -0.2) is 20.4 Å². The number of sulfonamides is 1. The second-order valence-corrected chi connectivity index (χ2v) is 8.72. The van der Waals surface area contributed by atoms with Gasteiger partial charge in [-0.25, -0.2) is 24.0 Å². The Labute approximate surface area is 174 Å². The number of nitrogens with one attached hydrogen (secondary N) is 4. The summed E-state index contributed by atoms with van der Waals surface area (Å²) in [5.41, 5.74) is 7.78. The van der Waals surface area contributed by atoms with Gasteiger partial charge in [-0.1, -0.05) is 30.3 Å². The highest BCUT2D eigenvalue weighted by Crippen LogP contribution is 2.23. The monoisotopic (exact) mass is 426 g/mol. The third kappa shape index (κ3) is 4.77. The van der Waals surface area contributed by atoms with E-state index in [-0.39, 0.29) is 23.4 Å². The van der Waals surface area contributed by atoms with Crippen molar-refractivity contribution in [3.63, 3.8) is 0 Å². The van der Waals surface area contributed by atoms with Crippen molar-refractivity contribution < 1.29 is 17.6 Å². The van der Waals surface area contributed by atoms with Gasteiger partial charge in [0.1, 0.15) is 11.8 Å². The fourth-order valence-electron chi connectivity index (χ4n) is 3.24. The Bertz CT molecular complexity index is 1080. The maximum atomic E-state index is 12.6. The maximum Gasteiger partial charge on any atom is 0.242 e. The van der Waals surface area contributed by atoms with Gasteiger partial charge in [-0.2, -0.15) is 0 Å². The molecule has 0 aliphatic carbocycles. The summed E-state index contributed by atoms with van der Waals surface area (Å²) >= 11 is 0. The van der Waals surface area contributed by atoms with Crippen molar-refractivity contribution in [3.8, 4) is 0 Å². The summed E-state index contributed by atoms with van der Waals surface area (Å²) in [6, 6.07) is 19.0. The molecule has 2 atom stereocenters.